The number of carbonyl (C=O) groups is 3. The summed E-state index contributed by atoms with van der Waals surface area (Å²) in [4.78, 5) is 35.3. The standard InChI is InChI=1S/C20H19NO6/c1-25-15-10-7-14(8-11-15)9-12-18(22)21-17-6-4-3-5-16(17)20(24)27-13-19(23)26-2/h3-12H,13H2,1-2H3,(H,21,22)/b12-9+. The molecule has 0 heterocycles. The Morgan fingerprint density at radius 1 is 1.00 bits per heavy atom. The third-order valence-electron chi connectivity index (χ3n) is 3.50. The predicted molar refractivity (Wildman–Crippen MR) is 99.4 cm³/mol. The molecule has 2 aromatic carbocycles. The maximum Gasteiger partial charge on any atom is 0.344 e. The number of methoxy groups -OCH3 is 2. The van der Waals surface area contributed by atoms with Crippen LogP contribution in [0.25, 0.3) is 6.08 Å². The van der Waals surface area contributed by atoms with Crippen molar-refractivity contribution in [2.45, 2.75) is 0 Å². The van der Waals surface area contributed by atoms with Gasteiger partial charge in [-0.3, -0.25) is 4.79 Å². The Bertz CT molecular complexity index is 842. The number of amides is 1. The number of ether oxygens (including phenoxy) is 3. The molecule has 0 aliphatic rings. The number of nitrogens with one attached hydrogen (secondary N) is 1. The van der Waals surface area contributed by atoms with E-state index in [1.54, 1.807) is 55.7 Å². The number of carbonyl (C=O) groups excluding carboxylic acids is 3. The molecule has 27 heavy (non-hydrogen) atoms. The first-order valence-electron chi connectivity index (χ1n) is 7.99. The van der Waals surface area contributed by atoms with Crippen molar-refractivity contribution < 1.29 is 28.6 Å². The molecule has 1 amide bonds. The maximum atomic E-state index is 12.1. The Labute approximate surface area is 156 Å². The monoisotopic (exact) mass is 369 g/mol. The van der Waals surface area contributed by atoms with Crippen LogP contribution >= 0.6 is 0 Å². The third kappa shape index (κ3) is 6.00. The highest BCUT2D eigenvalue weighted by atomic mass is 16.6. The second-order valence-electron chi connectivity index (χ2n) is 5.29. The lowest BCUT2D eigenvalue weighted by molar-refractivity contribution is -0.144. The van der Waals surface area contributed by atoms with Crippen molar-refractivity contribution in [3.8, 4) is 5.75 Å². The fraction of sp³-hybridized carbons (Fsp3) is 0.150. The summed E-state index contributed by atoms with van der Waals surface area (Å²) in [7, 11) is 2.77. The highest BCUT2D eigenvalue weighted by Gasteiger charge is 2.15. The number of esters is 2. The van der Waals surface area contributed by atoms with E-state index in [2.05, 4.69) is 10.1 Å². The number of hydrogen-bond donors (Lipinski definition) is 1. The van der Waals surface area contributed by atoms with Gasteiger partial charge in [-0.1, -0.05) is 24.3 Å². The molecule has 0 saturated carbocycles. The van der Waals surface area contributed by atoms with Crippen LogP contribution in [0.3, 0.4) is 0 Å². The van der Waals surface area contributed by atoms with E-state index in [9.17, 15) is 14.4 Å². The van der Waals surface area contributed by atoms with Crippen molar-refractivity contribution in [2.75, 3.05) is 26.1 Å². The van der Waals surface area contributed by atoms with Crippen LogP contribution in [0.15, 0.2) is 54.6 Å². The van der Waals surface area contributed by atoms with Crippen LogP contribution < -0.4 is 10.1 Å². The quantitative estimate of drug-likeness (QED) is 0.596. The molecule has 0 spiro atoms. The largest absolute Gasteiger partial charge is 0.497 e. The van der Waals surface area contributed by atoms with Gasteiger partial charge in [0.2, 0.25) is 5.91 Å². The average molecular weight is 369 g/mol. The number of hydrogen-bond acceptors (Lipinski definition) is 6. The fourth-order valence-electron chi connectivity index (χ4n) is 2.09. The van der Waals surface area contributed by atoms with Gasteiger partial charge in [0, 0.05) is 6.08 Å². The van der Waals surface area contributed by atoms with Gasteiger partial charge in [-0.15, -0.1) is 0 Å². The Kier molecular flexibility index (Phi) is 7.13. The molecule has 140 valence electrons. The summed E-state index contributed by atoms with van der Waals surface area (Å²) in [5.74, 6) is -1.11. The van der Waals surface area contributed by atoms with Gasteiger partial charge in [0.15, 0.2) is 6.61 Å². The van der Waals surface area contributed by atoms with Crippen LogP contribution in [-0.4, -0.2) is 38.7 Å². The van der Waals surface area contributed by atoms with Gasteiger partial charge in [0.1, 0.15) is 5.75 Å². The predicted octanol–water partition coefficient (Wildman–Crippen LogP) is 2.68. The topological polar surface area (TPSA) is 90.9 Å². The summed E-state index contributed by atoms with van der Waals surface area (Å²) in [5.41, 5.74) is 1.22. The molecule has 0 unspecified atom stereocenters. The number of benzene rings is 2. The third-order valence-corrected chi connectivity index (χ3v) is 3.50. The van der Waals surface area contributed by atoms with Gasteiger partial charge in [0.25, 0.3) is 0 Å². The van der Waals surface area contributed by atoms with Gasteiger partial charge >= 0.3 is 11.9 Å². The van der Waals surface area contributed by atoms with Crippen molar-refractivity contribution in [3.63, 3.8) is 0 Å². The summed E-state index contributed by atoms with van der Waals surface area (Å²) in [5, 5.41) is 2.62. The second-order valence-corrected chi connectivity index (χ2v) is 5.29. The lowest BCUT2D eigenvalue weighted by atomic mass is 10.1. The SMILES string of the molecule is COC(=O)COC(=O)c1ccccc1NC(=O)/C=C/c1ccc(OC)cc1. The molecule has 2 aromatic rings. The Balaban J connectivity index is 2.03. The minimum absolute atomic E-state index is 0.132. The maximum absolute atomic E-state index is 12.1. The Morgan fingerprint density at radius 2 is 1.70 bits per heavy atom. The molecule has 7 heteroatoms. The number of anilines is 1. The smallest absolute Gasteiger partial charge is 0.344 e. The second kappa shape index (κ2) is 9.76. The summed E-state index contributed by atoms with van der Waals surface area (Å²) < 4.78 is 14.4. The van der Waals surface area contributed by atoms with Crippen molar-refractivity contribution in [1.29, 1.82) is 0 Å². The lowest BCUT2D eigenvalue weighted by Crippen LogP contribution is -2.17. The van der Waals surface area contributed by atoms with Crippen LogP contribution in [0.2, 0.25) is 0 Å². The fourth-order valence-corrected chi connectivity index (χ4v) is 2.09. The molecule has 0 atom stereocenters. The molecule has 0 fully saturated rings. The van der Waals surface area contributed by atoms with Gasteiger partial charge < -0.3 is 19.5 Å². The van der Waals surface area contributed by atoms with E-state index < -0.39 is 24.5 Å². The summed E-state index contributed by atoms with van der Waals surface area (Å²) in [6, 6.07) is 13.5. The van der Waals surface area contributed by atoms with Gasteiger partial charge in [-0.25, -0.2) is 9.59 Å². The normalized spacial score (nSPS) is 10.3. The first-order valence-corrected chi connectivity index (χ1v) is 7.99. The minimum Gasteiger partial charge on any atom is -0.497 e. The Hall–Kier alpha value is -3.61. The zero-order chi connectivity index (χ0) is 19.6. The molecule has 7 nitrogen and oxygen atoms in total. The highest BCUT2D eigenvalue weighted by Crippen LogP contribution is 2.17. The molecule has 2 rings (SSSR count). The van der Waals surface area contributed by atoms with E-state index in [1.807, 2.05) is 0 Å². The van der Waals surface area contributed by atoms with E-state index in [0.717, 1.165) is 11.3 Å². The van der Waals surface area contributed by atoms with Crippen molar-refractivity contribution in [1.82, 2.24) is 0 Å². The molecular weight excluding hydrogens is 350 g/mol. The van der Waals surface area contributed by atoms with Crippen LogP contribution in [0.5, 0.6) is 5.75 Å². The Morgan fingerprint density at radius 3 is 2.37 bits per heavy atom. The highest BCUT2D eigenvalue weighted by molar-refractivity contribution is 6.06. The van der Waals surface area contributed by atoms with Crippen molar-refractivity contribution in [2.24, 2.45) is 0 Å². The summed E-state index contributed by atoms with van der Waals surface area (Å²) in [6.45, 7) is -0.505. The molecule has 0 aromatic heterocycles. The van der Waals surface area contributed by atoms with E-state index >= 15 is 0 Å². The zero-order valence-electron chi connectivity index (χ0n) is 14.9. The van der Waals surface area contributed by atoms with E-state index in [0.29, 0.717) is 0 Å². The first kappa shape index (κ1) is 19.7. The van der Waals surface area contributed by atoms with Gasteiger partial charge in [-0.2, -0.15) is 0 Å². The molecular formula is C20H19NO6. The van der Waals surface area contributed by atoms with Crippen molar-refractivity contribution in [3.05, 3.63) is 65.7 Å². The van der Waals surface area contributed by atoms with E-state index in [4.69, 9.17) is 9.47 Å². The minimum atomic E-state index is -0.740. The van der Waals surface area contributed by atoms with Gasteiger partial charge in [-0.05, 0) is 35.9 Å². The lowest BCUT2D eigenvalue weighted by Gasteiger charge is -2.09. The first-order chi connectivity index (χ1) is 13.0. The zero-order valence-corrected chi connectivity index (χ0v) is 14.9. The average Bonchev–Trinajstić information content (AvgIpc) is 2.71. The van der Waals surface area contributed by atoms with Crippen molar-refractivity contribution >= 4 is 29.6 Å². The number of rotatable bonds is 7. The number of para-hydroxylation sites is 1. The van der Waals surface area contributed by atoms with Crippen LogP contribution in [0.4, 0.5) is 5.69 Å². The van der Waals surface area contributed by atoms with Crippen LogP contribution in [0.1, 0.15) is 15.9 Å². The molecule has 0 aliphatic heterocycles. The van der Waals surface area contributed by atoms with Gasteiger partial charge in [0.05, 0.1) is 25.5 Å². The summed E-state index contributed by atoms with van der Waals surface area (Å²) >= 11 is 0. The van der Waals surface area contributed by atoms with Crippen LogP contribution in [-0.2, 0) is 19.1 Å². The molecule has 0 saturated heterocycles. The molecule has 0 bridgehead atoms. The summed E-state index contributed by atoms with van der Waals surface area (Å²) in [6.07, 6.45) is 2.98. The van der Waals surface area contributed by atoms with Crippen LogP contribution in [0, 0.1) is 0 Å². The van der Waals surface area contributed by atoms with E-state index in [-0.39, 0.29) is 11.3 Å². The molecule has 0 aliphatic carbocycles. The molecule has 0 radical (unpaired) electrons. The van der Waals surface area contributed by atoms with E-state index in [1.165, 1.54) is 19.3 Å². The molecule has 1 N–H and O–H groups in total.